The second-order valence-electron chi connectivity index (χ2n) is 2.59. The van der Waals surface area contributed by atoms with Gasteiger partial charge in [-0.3, -0.25) is 4.79 Å². The van der Waals surface area contributed by atoms with Gasteiger partial charge in [0.15, 0.2) is 5.82 Å². The molecule has 1 heterocycles. The van der Waals surface area contributed by atoms with Crippen LogP contribution in [0.3, 0.4) is 0 Å². The van der Waals surface area contributed by atoms with Crippen molar-refractivity contribution in [3.63, 3.8) is 0 Å². The SMILES string of the molecule is CSC(=O)c1nc2ccccc2[nH]1. The number of aromatic amines is 1. The van der Waals surface area contributed by atoms with Gasteiger partial charge in [-0.1, -0.05) is 23.9 Å². The number of carbonyl (C=O) groups excluding carboxylic acids is 1. The van der Waals surface area contributed by atoms with Crippen molar-refractivity contribution in [3.05, 3.63) is 30.1 Å². The smallest absolute Gasteiger partial charge is 0.254 e. The number of nitrogens with zero attached hydrogens (tertiary/aromatic N) is 1. The Morgan fingerprint density at radius 3 is 2.92 bits per heavy atom. The first-order valence-electron chi connectivity index (χ1n) is 3.84. The average Bonchev–Trinajstić information content (AvgIpc) is 2.59. The first-order chi connectivity index (χ1) is 6.31. The molecular weight excluding hydrogens is 184 g/mol. The number of hydrogen-bond donors (Lipinski definition) is 1. The van der Waals surface area contributed by atoms with E-state index in [9.17, 15) is 4.79 Å². The Bertz CT molecular complexity index is 417. The maximum Gasteiger partial charge on any atom is 0.254 e. The van der Waals surface area contributed by atoms with Gasteiger partial charge in [-0.05, 0) is 18.4 Å². The molecule has 0 aliphatic carbocycles. The minimum Gasteiger partial charge on any atom is -0.335 e. The summed E-state index contributed by atoms with van der Waals surface area (Å²) in [4.78, 5) is 18.4. The number of fused-ring (bicyclic) bond motifs is 1. The monoisotopic (exact) mass is 192 g/mol. The van der Waals surface area contributed by atoms with E-state index in [0.29, 0.717) is 5.82 Å². The summed E-state index contributed by atoms with van der Waals surface area (Å²) < 4.78 is 0. The third-order valence-corrected chi connectivity index (χ3v) is 2.33. The molecule has 2 aromatic rings. The lowest BCUT2D eigenvalue weighted by Crippen LogP contribution is -1.93. The highest BCUT2D eigenvalue weighted by atomic mass is 32.2. The molecule has 1 aromatic carbocycles. The summed E-state index contributed by atoms with van der Waals surface area (Å²) in [6.07, 6.45) is 1.75. The molecule has 1 aromatic heterocycles. The normalized spacial score (nSPS) is 10.5. The number of imidazole rings is 1. The van der Waals surface area contributed by atoms with Gasteiger partial charge >= 0.3 is 0 Å². The molecule has 2 rings (SSSR count). The van der Waals surface area contributed by atoms with Gasteiger partial charge in [0.2, 0.25) is 0 Å². The van der Waals surface area contributed by atoms with Crippen molar-refractivity contribution < 1.29 is 4.79 Å². The predicted molar refractivity (Wildman–Crippen MR) is 53.9 cm³/mol. The number of hydrogen-bond acceptors (Lipinski definition) is 3. The fourth-order valence-electron chi connectivity index (χ4n) is 1.15. The van der Waals surface area contributed by atoms with Gasteiger partial charge in [-0.25, -0.2) is 4.98 Å². The van der Waals surface area contributed by atoms with Crippen molar-refractivity contribution in [3.8, 4) is 0 Å². The topological polar surface area (TPSA) is 45.8 Å². The lowest BCUT2D eigenvalue weighted by Gasteiger charge is -1.86. The molecule has 0 bridgehead atoms. The van der Waals surface area contributed by atoms with Crippen molar-refractivity contribution in [2.24, 2.45) is 0 Å². The van der Waals surface area contributed by atoms with Crippen molar-refractivity contribution in [2.45, 2.75) is 0 Å². The Balaban J connectivity index is 2.56. The lowest BCUT2D eigenvalue weighted by molar-refractivity contribution is 0.108. The number of benzene rings is 1. The van der Waals surface area contributed by atoms with Crippen LogP contribution >= 0.6 is 11.8 Å². The molecule has 0 atom stereocenters. The predicted octanol–water partition coefficient (Wildman–Crippen LogP) is 2.07. The van der Waals surface area contributed by atoms with E-state index in [1.165, 1.54) is 0 Å². The Hall–Kier alpha value is -1.29. The Labute approximate surface area is 79.6 Å². The fourth-order valence-corrected chi connectivity index (χ4v) is 1.44. The fraction of sp³-hybridized carbons (Fsp3) is 0.111. The largest absolute Gasteiger partial charge is 0.335 e. The van der Waals surface area contributed by atoms with Crippen molar-refractivity contribution in [1.82, 2.24) is 9.97 Å². The summed E-state index contributed by atoms with van der Waals surface area (Å²) in [7, 11) is 0. The summed E-state index contributed by atoms with van der Waals surface area (Å²) in [5, 5.41) is -0.0313. The van der Waals surface area contributed by atoms with E-state index in [-0.39, 0.29) is 5.12 Å². The molecule has 4 heteroatoms. The molecule has 0 spiro atoms. The van der Waals surface area contributed by atoms with Crippen molar-refractivity contribution >= 4 is 27.9 Å². The lowest BCUT2D eigenvalue weighted by atomic mass is 10.3. The van der Waals surface area contributed by atoms with Gasteiger partial charge in [0.05, 0.1) is 11.0 Å². The first kappa shape index (κ1) is 8.31. The molecule has 66 valence electrons. The van der Waals surface area contributed by atoms with E-state index in [4.69, 9.17) is 0 Å². The second kappa shape index (κ2) is 3.22. The molecule has 13 heavy (non-hydrogen) atoms. The van der Waals surface area contributed by atoms with E-state index in [2.05, 4.69) is 9.97 Å². The molecule has 3 nitrogen and oxygen atoms in total. The van der Waals surface area contributed by atoms with Crippen molar-refractivity contribution in [1.29, 1.82) is 0 Å². The molecule has 0 radical (unpaired) electrons. The Kier molecular flexibility index (Phi) is 2.06. The van der Waals surface area contributed by atoms with E-state index < -0.39 is 0 Å². The third kappa shape index (κ3) is 1.45. The standard InChI is InChI=1S/C9H8N2OS/c1-13-9(12)8-10-6-4-2-3-5-7(6)11-8/h2-5H,1H3,(H,10,11). The molecule has 0 unspecified atom stereocenters. The van der Waals surface area contributed by atoms with E-state index in [1.54, 1.807) is 6.26 Å². The molecule has 0 amide bonds. The van der Waals surface area contributed by atoms with Crippen LogP contribution in [0.15, 0.2) is 24.3 Å². The molecular formula is C9H8N2OS. The number of rotatable bonds is 1. The zero-order valence-corrected chi connectivity index (χ0v) is 7.89. The highest BCUT2D eigenvalue weighted by Gasteiger charge is 2.08. The van der Waals surface area contributed by atoms with Crippen LogP contribution in [0.4, 0.5) is 0 Å². The van der Waals surface area contributed by atoms with Crippen LogP contribution < -0.4 is 0 Å². The van der Waals surface area contributed by atoms with Gasteiger partial charge in [-0.2, -0.15) is 0 Å². The van der Waals surface area contributed by atoms with Crippen LogP contribution in [0.2, 0.25) is 0 Å². The van der Waals surface area contributed by atoms with Crippen molar-refractivity contribution in [2.75, 3.05) is 6.26 Å². The molecule has 1 N–H and O–H groups in total. The number of carbonyl (C=O) groups is 1. The number of nitrogens with one attached hydrogen (secondary N) is 1. The number of H-pyrrole nitrogens is 1. The second-order valence-corrected chi connectivity index (χ2v) is 3.37. The first-order valence-corrected chi connectivity index (χ1v) is 5.07. The van der Waals surface area contributed by atoms with Gasteiger partial charge in [0, 0.05) is 0 Å². The summed E-state index contributed by atoms with van der Waals surface area (Å²) in [5.41, 5.74) is 1.74. The van der Waals surface area contributed by atoms with Crippen LogP contribution in [0.5, 0.6) is 0 Å². The Morgan fingerprint density at radius 2 is 2.23 bits per heavy atom. The molecule has 0 saturated heterocycles. The third-order valence-electron chi connectivity index (χ3n) is 1.77. The van der Waals surface area contributed by atoms with E-state index in [0.717, 1.165) is 22.8 Å². The summed E-state index contributed by atoms with van der Waals surface area (Å²) in [5.74, 6) is 0.425. The zero-order chi connectivity index (χ0) is 9.26. The van der Waals surface area contributed by atoms with Crippen LogP contribution in [-0.4, -0.2) is 21.3 Å². The maximum atomic E-state index is 11.3. The van der Waals surface area contributed by atoms with Gasteiger partial charge < -0.3 is 4.98 Å². The van der Waals surface area contributed by atoms with Crippen LogP contribution in [0, 0.1) is 0 Å². The van der Waals surface area contributed by atoms with Crippen LogP contribution in [0.25, 0.3) is 11.0 Å². The number of thioether (sulfide) groups is 1. The highest BCUT2D eigenvalue weighted by molar-refractivity contribution is 8.13. The Morgan fingerprint density at radius 1 is 1.46 bits per heavy atom. The molecule has 0 aliphatic rings. The molecule has 0 fully saturated rings. The van der Waals surface area contributed by atoms with Crippen LogP contribution in [-0.2, 0) is 0 Å². The number of para-hydroxylation sites is 2. The number of aromatic nitrogens is 2. The maximum absolute atomic E-state index is 11.3. The zero-order valence-electron chi connectivity index (χ0n) is 7.07. The summed E-state index contributed by atoms with van der Waals surface area (Å²) >= 11 is 1.16. The van der Waals surface area contributed by atoms with Gasteiger partial charge in [0.25, 0.3) is 5.12 Å². The van der Waals surface area contributed by atoms with Gasteiger partial charge in [0.1, 0.15) is 0 Å². The average molecular weight is 192 g/mol. The summed E-state index contributed by atoms with van der Waals surface area (Å²) in [6.45, 7) is 0. The highest BCUT2D eigenvalue weighted by Crippen LogP contribution is 2.13. The minimum atomic E-state index is -0.0313. The molecule has 0 saturated carbocycles. The van der Waals surface area contributed by atoms with E-state index in [1.807, 2.05) is 24.3 Å². The van der Waals surface area contributed by atoms with Crippen LogP contribution in [0.1, 0.15) is 10.6 Å². The summed E-state index contributed by atoms with van der Waals surface area (Å²) in [6, 6.07) is 7.59. The quantitative estimate of drug-likeness (QED) is 0.752. The molecule has 0 aliphatic heterocycles. The van der Waals surface area contributed by atoms with Gasteiger partial charge in [-0.15, -0.1) is 0 Å². The van der Waals surface area contributed by atoms with E-state index >= 15 is 0 Å². The minimum absolute atomic E-state index is 0.0313.